The Balaban J connectivity index is 2.09. The van der Waals surface area contributed by atoms with Crippen LogP contribution >= 0.6 is 0 Å². The first kappa shape index (κ1) is 17.5. The molecule has 0 spiro atoms. The van der Waals surface area contributed by atoms with Crippen LogP contribution in [0.2, 0.25) is 19.6 Å². The summed E-state index contributed by atoms with van der Waals surface area (Å²) in [6.45, 7) is 7.07. The van der Waals surface area contributed by atoms with Gasteiger partial charge in [0.15, 0.2) is 16.1 Å². The summed E-state index contributed by atoms with van der Waals surface area (Å²) in [6, 6.07) is 32.4. The van der Waals surface area contributed by atoms with Gasteiger partial charge < -0.3 is 0 Å². The van der Waals surface area contributed by atoms with E-state index >= 15 is 0 Å². The predicted octanol–water partition coefficient (Wildman–Crippen LogP) is 3.58. The highest BCUT2D eigenvalue weighted by Crippen LogP contribution is 2.07. The molecular formula is C23H24Si2. The SMILES string of the molecule is C[Si](C)(C#C[Si](C)(c1ccccc1)c1ccccc1)c1ccccc1. The van der Waals surface area contributed by atoms with E-state index in [0.717, 1.165) is 0 Å². The first-order valence-electron chi connectivity index (χ1n) is 8.73. The molecule has 0 bridgehead atoms. The van der Waals surface area contributed by atoms with Gasteiger partial charge in [0, 0.05) is 0 Å². The lowest BCUT2D eigenvalue weighted by molar-refractivity contribution is 1.70. The zero-order chi connectivity index (χ0) is 17.8. The maximum Gasteiger partial charge on any atom is 0.195 e. The van der Waals surface area contributed by atoms with Crippen LogP contribution in [0, 0.1) is 11.1 Å². The predicted molar refractivity (Wildman–Crippen MR) is 115 cm³/mol. The minimum absolute atomic E-state index is 1.38. The lowest BCUT2D eigenvalue weighted by Crippen LogP contribution is -2.55. The van der Waals surface area contributed by atoms with Crippen molar-refractivity contribution in [2.45, 2.75) is 19.6 Å². The fourth-order valence-electron chi connectivity index (χ4n) is 3.06. The summed E-state index contributed by atoms with van der Waals surface area (Å²) in [7, 11) is -3.85. The third kappa shape index (κ3) is 3.84. The van der Waals surface area contributed by atoms with Crippen molar-refractivity contribution in [1.82, 2.24) is 0 Å². The maximum atomic E-state index is 3.82. The van der Waals surface area contributed by atoms with Crippen LogP contribution in [0.1, 0.15) is 0 Å². The second-order valence-electron chi connectivity index (χ2n) is 7.10. The largest absolute Gasteiger partial charge is 0.195 e. The molecule has 0 aliphatic carbocycles. The Labute approximate surface area is 153 Å². The van der Waals surface area contributed by atoms with Gasteiger partial charge in [0.2, 0.25) is 0 Å². The maximum absolute atomic E-state index is 3.82. The molecule has 0 radical (unpaired) electrons. The van der Waals surface area contributed by atoms with E-state index in [1.54, 1.807) is 0 Å². The Morgan fingerprint density at radius 1 is 0.480 bits per heavy atom. The highest BCUT2D eigenvalue weighted by molar-refractivity contribution is 7.08. The Morgan fingerprint density at radius 3 is 1.24 bits per heavy atom. The topological polar surface area (TPSA) is 0 Å². The van der Waals surface area contributed by atoms with Crippen LogP contribution in [0.15, 0.2) is 91.0 Å². The Bertz CT molecular complexity index is 833. The average Bonchev–Trinajstić information content (AvgIpc) is 2.68. The van der Waals surface area contributed by atoms with Crippen LogP contribution in [0.25, 0.3) is 0 Å². The van der Waals surface area contributed by atoms with Crippen LogP contribution in [0.5, 0.6) is 0 Å². The van der Waals surface area contributed by atoms with Crippen molar-refractivity contribution in [3.63, 3.8) is 0 Å². The van der Waals surface area contributed by atoms with E-state index in [0.29, 0.717) is 0 Å². The van der Waals surface area contributed by atoms with Crippen LogP contribution < -0.4 is 15.6 Å². The smallest absolute Gasteiger partial charge is 0.132 e. The summed E-state index contributed by atoms with van der Waals surface area (Å²) in [5.41, 5.74) is 7.58. The zero-order valence-electron chi connectivity index (χ0n) is 15.2. The van der Waals surface area contributed by atoms with Crippen LogP contribution in [-0.4, -0.2) is 16.1 Å². The van der Waals surface area contributed by atoms with Crippen molar-refractivity contribution < 1.29 is 0 Å². The number of hydrogen-bond acceptors (Lipinski definition) is 0. The van der Waals surface area contributed by atoms with Gasteiger partial charge in [0.1, 0.15) is 0 Å². The number of benzene rings is 3. The van der Waals surface area contributed by atoms with E-state index in [9.17, 15) is 0 Å². The average molecular weight is 357 g/mol. The normalized spacial score (nSPS) is 11.5. The van der Waals surface area contributed by atoms with Crippen molar-refractivity contribution >= 4 is 31.7 Å². The lowest BCUT2D eigenvalue weighted by Gasteiger charge is -2.24. The minimum Gasteiger partial charge on any atom is -0.132 e. The molecule has 0 aliphatic rings. The van der Waals surface area contributed by atoms with E-state index in [1.165, 1.54) is 15.6 Å². The van der Waals surface area contributed by atoms with E-state index in [2.05, 4.69) is 122 Å². The Morgan fingerprint density at radius 2 is 0.840 bits per heavy atom. The van der Waals surface area contributed by atoms with Crippen molar-refractivity contribution in [1.29, 1.82) is 0 Å². The molecule has 0 heterocycles. The zero-order valence-corrected chi connectivity index (χ0v) is 17.2. The van der Waals surface area contributed by atoms with E-state index in [-0.39, 0.29) is 0 Å². The molecule has 3 rings (SSSR count). The molecule has 3 aromatic carbocycles. The number of hydrogen-bond donors (Lipinski definition) is 0. The monoisotopic (exact) mass is 356 g/mol. The molecule has 0 saturated carbocycles. The molecule has 3 aromatic rings. The molecule has 2 heteroatoms. The van der Waals surface area contributed by atoms with Gasteiger partial charge >= 0.3 is 0 Å². The second-order valence-corrected chi connectivity index (χ2v) is 14.8. The van der Waals surface area contributed by atoms with Crippen molar-refractivity contribution in [2.75, 3.05) is 0 Å². The fourth-order valence-corrected chi connectivity index (χ4v) is 8.82. The van der Waals surface area contributed by atoms with Gasteiger partial charge in [-0.05, 0) is 15.6 Å². The van der Waals surface area contributed by atoms with E-state index in [4.69, 9.17) is 0 Å². The summed E-state index contributed by atoms with van der Waals surface area (Å²) in [5.74, 6) is 0. The molecule has 0 atom stereocenters. The second kappa shape index (κ2) is 7.27. The van der Waals surface area contributed by atoms with Crippen molar-refractivity contribution in [3.05, 3.63) is 91.0 Å². The molecule has 0 fully saturated rings. The van der Waals surface area contributed by atoms with Gasteiger partial charge in [-0.1, -0.05) is 111 Å². The van der Waals surface area contributed by atoms with Crippen LogP contribution in [-0.2, 0) is 0 Å². The molecule has 0 saturated heterocycles. The molecule has 25 heavy (non-hydrogen) atoms. The molecular weight excluding hydrogens is 332 g/mol. The van der Waals surface area contributed by atoms with Crippen LogP contribution in [0.4, 0.5) is 0 Å². The summed E-state index contributed by atoms with van der Waals surface area (Å²) < 4.78 is 0. The quantitative estimate of drug-likeness (QED) is 0.497. The Hall–Kier alpha value is -2.35. The third-order valence-corrected chi connectivity index (χ3v) is 11.2. The van der Waals surface area contributed by atoms with Gasteiger partial charge in [-0.3, -0.25) is 0 Å². The molecule has 0 unspecified atom stereocenters. The first-order valence-corrected chi connectivity index (χ1v) is 14.2. The summed E-state index contributed by atoms with van der Waals surface area (Å²) in [5, 5.41) is 4.16. The van der Waals surface area contributed by atoms with Gasteiger partial charge in [-0.15, -0.1) is 11.1 Å². The van der Waals surface area contributed by atoms with Gasteiger partial charge in [0.05, 0.1) is 0 Å². The van der Waals surface area contributed by atoms with Crippen molar-refractivity contribution in [2.24, 2.45) is 0 Å². The van der Waals surface area contributed by atoms with Gasteiger partial charge in [0.25, 0.3) is 0 Å². The fraction of sp³-hybridized carbons (Fsp3) is 0.130. The number of rotatable bonds is 3. The van der Waals surface area contributed by atoms with Gasteiger partial charge in [-0.25, -0.2) is 0 Å². The van der Waals surface area contributed by atoms with E-state index < -0.39 is 16.1 Å². The highest BCUT2D eigenvalue weighted by Gasteiger charge is 2.31. The minimum atomic E-state index is -2.07. The molecule has 124 valence electrons. The molecule has 0 amide bonds. The highest BCUT2D eigenvalue weighted by atomic mass is 28.3. The third-order valence-electron chi connectivity index (χ3n) is 4.82. The Kier molecular flexibility index (Phi) is 5.08. The van der Waals surface area contributed by atoms with Crippen LogP contribution in [0.3, 0.4) is 0 Å². The van der Waals surface area contributed by atoms with E-state index in [1.807, 2.05) is 0 Å². The molecule has 0 N–H and O–H groups in total. The first-order chi connectivity index (χ1) is 12.0. The summed E-state index contributed by atoms with van der Waals surface area (Å²) in [6.07, 6.45) is 0. The molecule has 0 aliphatic heterocycles. The summed E-state index contributed by atoms with van der Waals surface area (Å²) in [4.78, 5) is 0. The summed E-state index contributed by atoms with van der Waals surface area (Å²) >= 11 is 0. The van der Waals surface area contributed by atoms with Crippen molar-refractivity contribution in [3.8, 4) is 11.1 Å². The molecule has 0 aromatic heterocycles. The van der Waals surface area contributed by atoms with Gasteiger partial charge in [-0.2, -0.15) is 0 Å². The molecule has 0 nitrogen and oxygen atoms in total. The standard InChI is InChI=1S/C23H24Si2/c1-24(2,21-13-7-4-8-14-21)19-20-25(3,22-15-9-5-10-16-22)23-17-11-6-12-18-23/h4-18H,1-3H3. The lowest BCUT2D eigenvalue weighted by atomic mass is 10.4.